The highest BCUT2D eigenvalue weighted by Gasteiger charge is 2.62. The molecular formula is C9H5Cl2F5O. The topological polar surface area (TPSA) is 20.2 Å². The number of aliphatic hydroxyl groups is 1. The van der Waals surface area contributed by atoms with Gasteiger partial charge in [0.1, 0.15) is 0 Å². The lowest BCUT2D eigenvalue weighted by Gasteiger charge is -2.25. The van der Waals surface area contributed by atoms with Crippen molar-refractivity contribution < 1.29 is 27.1 Å². The molecule has 1 aromatic carbocycles. The number of hydrogen-bond donors (Lipinski definition) is 1. The fourth-order valence-corrected chi connectivity index (χ4v) is 1.64. The Kier molecular flexibility index (Phi) is 3.91. The minimum absolute atomic E-state index is 0.149. The minimum atomic E-state index is -5.86. The van der Waals surface area contributed by atoms with Crippen molar-refractivity contribution in [2.75, 3.05) is 0 Å². The molecule has 0 aromatic heterocycles. The van der Waals surface area contributed by atoms with Gasteiger partial charge in [-0.05, 0) is 23.8 Å². The van der Waals surface area contributed by atoms with E-state index in [-0.39, 0.29) is 10.0 Å². The molecule has 0 heterocycles. The number of alkyl halides is 5. The first-order chi connectivity index (χ1) is 7.55. The fraction of sp³-hybridized carbons (Fsp3) is 0.333. The number of benzene rings is 1. The third kappa shape index (κ3) is 3.00. The molecule has 0 aliphatic rings. The van der Waals surface area contributed by atoms with E-state index in [0.717, 1.165) is 18.2 Å². The smallest absolute Gasteiger partial charge is 0.382 e. The Labute approximate surface area is 103 Å². The molecule has 0 saturated carbocycles. The molecule has 0 bridgehead atoms. The molecule has 1 aromatic rings. The Morgan fingerprint density at radius 3 is 1.71 bits per heavy atom. The summed E-state index contributed by atoms with van der Waals surface area (Å²) in [5.41, 5.74) is -0.704. The van der Waals surface area contributed by atoms with E-state index in [9.17, 15) is 22.0 Å². The van der Waals surface area contributed by atoms with Crippen LogP contribution < -0.4 is 0 Å². The van der Waals surface area contributed by atoms with Gasteiger partial charge >= 0.3 is 12.1 Å². The molecule has 0 fully saturated rings. The van der Waals surface area contributed by atoms with Crippen LogP contribution in [0.5, 0.6) is 0 Å². The molecule has 96 valence electrons. The van der Waals surface area contributed by atoms with Crippen molar-refractivity contribution >= 4 is 23.2 Å². The van der Waals surface area contributed by atoms with Gasteiger partial charge in [-0.25, -0.2) is 0 Å². The Morgan fingerprint density at radius 1 is 0.941 bits per heavy atom. The van der Waals surface area contributed by atoms with Gasteiger partial charge in [-0.15, -0.1) is 0 Å². The van der Waals surface area contributed by atoms with Gasteiger partial charge in [0.05, 0.1) is 0 Å². The summed E-state index contributed by atoms with van der Waals surface area (Å²) in [5, 5.41) is 8.75. The molecule has 1 N–H and O–H groups in total. The van der Waals surface area contributed by atoms with Crippen LogP contribution in [0.25, 0.3) is 0 Å². The summed E-state index contributed by atoms with van der Waals surface area (Å²) in [7, 11) is 0. The van der Waals surface area contributed by atoms with Crippen LogP contribution >= 0.6 is 23.2 Å². The van der Waals surface area contributed by atoms with Crippen molar-refractivity contribution in [3.63, 3.8) is 0 Å². The molecule has 0 aliphatic carbocycles. The molecule has 0 amide bonds. The lowest BCUT2D eigenvalue weighted by atomic mass is 10.0. The lowest BCUT2D eigenvalue weighted by Crippen LogP contribution is -2.42. The van der Waals surface area contributed by atoms with Crippen LogP contribution in [0.15, 0.2) is 18.2 Å². The predicted molar refractivity (Wildman–Crippen MR) is 52.4 cm³/mol. The van der Waals surface area contributed by atoms with Crippen molar-refractivity contribution in [3.8, 4) is 0 Å². The first-order valence-corrected chi connectivity index (χ1v) is 4.90. The Balaban J connectivity index is 3.16. The van der Waals surface area contributed by atoms with Gasteiger partial charge in [0.15, 0.2) is 6.10 Å². The highest BCUT2D eigenvalue weighted by atomic mass is 35.5. The summed E-state index contributed by atoms with van der Waals surface area (Å²) >= 11 is 10.9. The van der Waals surface area contributed by atoms with Crippen LogP contribution in [0.1, 0.15) is 11.7 Å². The largest absolute Gasteiger partial charge is 0.456 e. The van der Waals surface area contributed by atoms with E-state index < -0.39 is 23.8 Å². The van der Waals surface area contributed by atoms with E-state index in [1.807, 2.05) is 0 Å². The standard InChI is InChI=1S/C9H5Cl2F5O/c10-5-1-4(2-6(11)3-5)7(17)8(12,13)9(14,15)16/h1-3,7,17H/t7-/m1/s1. The molecule has 0 aliphatic heterocycles. The van der Waals surface area contributed by atoms with Crippen molar-refractivity contribution in [1.82, 2.24) is 0 Å². The van der Waals surface area contributed by atoms with Crippen LogP contribution in [0.4, 0.5) is 22.0 Å². The van der Waals surface area contributed by atoms with Gasteiger partial charge in [-0.3, -0.25) is 0 Å². The fourth-order valence-electron chi connectivity index (χ4n) is 1.10. The second-order valence-corrected chi connectivity index (χ2v) is 4.10. The summed E-state index contributed by atoms with van der Waals surface area (Å²) in [6.07, 6.45) is -8.92. The van der Waals surface area contributed by atoms with Gasteiger partial charge in [0, 0.05) is 10.0 Å². The van der Waals surface area contributed by atoms with Gasteiger partial charge in [-0.2, -0.15) is 22.0 Å². The van der Waals surface area contributed by atoms with E-state index in [1.165, 1.54) is 0 Å². The zero-order valence-corrected chi connectivity index (χ0v) is 9.41. The molecule has 1 nitrogen and oxygen atoms in total. The normalized spacial score (nSPS) is 14.8. The highest BCUT2D eigenvalue weighted by molar-refractivity contribution is 6.34. The van der Waals surface area contributed by atoms with Crippen LogP contribution in [0.2, 0.25) is 10.0 Å². The first kappa shape index (κ1) is 14.5. The summed E-state index contributed by atoms with van der Waals surface area (Å²) in [5.74, 6) is -5.28. The maximum Gasteiger partial charge on any atom is 0.456 e. The van der Waals surface area contributed by atoms with Crippen LogP contribution in [0, 0.1) is 0 Å². The number of halogens is 7. The maximum atomic E-state index is 12.8. The summed E-state index contributed by atoms with van der Waals surface area (Å²) in [6.45, 7) is 0. The first-order valence-electron chi connectivity index (χ1n) is 4.14. The molecule has 1 rings (SSSR count). The van der Waals surface area contributed by atoms with Crippen molar-refractivity contribution in [2.45, 2.75) is 18.2 Å². The van der Waals surface area contributed by atoms with E-state index >= 15 is 0 Å². The number of aliphatic hydroxyl groups excluding tert-OH is 1. The Bertz CT molecular complexity index is 398. The summed E-state index contributed by atoms with van der Waals surface area (Å²) in [6, 6.07) is 2.72. The van der Waals surface area contributed by atoms with E-state index in [0.29, 0.717) is 0 Å². The molecule has 17 heavy (non-hydrogen) atoms. The average Bonchev–Trinajstić information content (AvgIpc) is 2.13. The minimum Gasteiger partial charge on any atom is -0.382 e. The average molecular weight is 295 g/mol. The van der Waals surface area contributed by atoms with Crippen molar-refractivity contribution in [1.29, 1.82) is 0 Å². The van der Waals surface area contributed by atoms with E-state index in [1.54, 1.807) is 0 Å². The van der Waals surface area contributed by atoms with Crippen LogP contribution in [0.3, 0.4) is 0 Å². The predicted octanol–water partition coefficient (Wildman–Crippen LogP) is 4.22. The third-order valence-electron chi connectivity index (χ3n) is 1.92. The molecule has 8 heteroatoms. The molecular weight excluding hydrogens is 290 g/mol. The zero-order valence-electron chi connectivity index (χ0n) is 7.90. The SMILES string of the molecule is O[C@H](c1cc(Cl)cc(Cl)c1)C(F)(F)C(F)(F)F. The quantitative estimate of drug-likeness (QED) is 0.810. The second kappa shape index (κ2) is 4.59. The van der Waals surface area contributed by atoms with Gasteiger partial charge in [0.25, 0.3) is 0 Å². The van der Waals surface area contributed by atoms with Gasteiger partial charge in [-0.1, -0.05) is 23.2 Å². The van der Waals surface area contributed by atoms with Crippen LogP contribution in [-0.4, -0.2) is 17.2 Å². The zero-order chi connectivity index (χ0) is 13.4. The Morgan fingerprint density at radius 2 is 1.35 bits per heavy atom. The monoisotopic (exact) mass is 294 g/mol. The summed E-state index contributed by atoms with van der Waals surface area (Å²) in [4.78, 5) is 0. The Hall–Kier alpha value is -0.590. The number of hydrogen-bond acceptors (Lipinski definition) is 1. The molecule has 0 spiro atoms. The lowest BCUT2D eigenvalue weighted by molar-refractivity contribution is -0.315. The molecule has 0 saturated heterocycles. The number of rotatable bonds is 2. The van der Waals surface area contributed by atoms with Crippen molar-refractivity contribution in [3.05, 3.63) is 33.8 Å². The van der Waals surface area contributed by atoms with Gasteiger partial charge < -0.3 is 5.11 Å². The maximum absolute atomic E-state index is 12.8. The molecule has 0 radical (unpaired) electrons. The third-order valence-corrected chi connectivity index (χ3v) is 2.36. The van der Waals surface area contributed by atoms with Crippen LogP contribution in [-0.2, 0) is 0 Å². The highest BCUT2D eigenvalue weighted by Crippen LogP contribution is 2.45. The summed E-state index contributed by atoms with van der Waals surface area (Å²) < 4.78 is 61.6. The molecule has 0 unspecified atom stereocenters. The van der Waals surface area contributed by atoms with Crippen molar-refractivity contribution in [2.24, 2.45) is 0 Å². The van der Waals surface area contributed by atoms with E-state index in [2.05, 4.69) is 0 Å². The van der Waals surface area contributed by atoms with E-state index in [4.69, 9.17) is 28.3 Å². The second-order valence-electron chi connectivity index (χ2n) is 3.23. The van der Waals surface area contributed by atoms with Gasteiger partial charge in [0.2, 0.25) is 0 Å². The molecule has 1 atom stereocenters.